The van der Waals surface area contributed by atoms with Crippen LogP contribution in [0.15, 0.2) is 18.2 Å². The first kappa shape index (κ1) is 11.9. The number of hydrogen-bond acceptors (Lipinski definition) is 4. The zero-order chi connectivity index (χ0) is 12.8. The molecule has 0 saturated carbocycles. The first-order valence-corrected chi connectivity index (χ1v) is 6.40. The predicted molar refractivity (Wildman–Crippen MR) is 71.5 cm³/mol. The molecule has 0 N–H and O–H groups in total. The molecule has 0 amide bonds. The van der Waals surface area contributed by atoms with Crippen molar-refractivity contribution in [1.29, 1.82) is 0 Å². The maximum atomic E-state index is 5.88. The van der Waals surface area contributed by atoms with Crippen LogP contribution < -0.4 is 15.1 Å². The maximum Gasteiger partial charge on any atom is 0.494 e. The normalized spacial score (nSPS) is 21.1. The molecular weight excluding hydrogens is 229 g/mol. The highest BCUT2D eigenvalue weighted by Crippen LogP contribution is 2.33. The molecule has 2 aliphatic heterocycles. The number of fused-ring (bicyclic) bond motifs is 1. The summed E-state index contributed by atoms with van der Waals surface area (Å²) in [4.78, 5) is 2.19. The van der Waals surface area contributed by atoms with E-state index < -0.39 is 0 Å². The molecular formula is C13H18BNO3. The standard InChI is InChI=1S/C13H18BNO3/c1-4-15-9-16-12-6-5-10(7-11(12)15)14-17-8-13(2,3)18-14/h5-7H,4,8-9H2,1-3H3. The van der Waals surface area contributed by atoms with Crippen LogP contribution in [-0.2, 0) is 9.31 Å². The predicted octanol–water partition coefficient (Wildman–Crippen LogP) is 1.38. The summed E-state index contributed by atoms with van der Waals surface area (Å²) in [5, 5.41) is 0. The number of nitrogens with zero attached hydrogens (tertiary/aromatic N) is 1. The Morgan fingerprint density at radius 1 is 1.39 bits per heavy atom. The molecule has 0 atom stereocenters. The maximum absolute atomic E-state index is 5.88. The Hall–Kier alpha value is -1.20. The Morgan fingerprint density at radius 3 is 2.89 bits per heavy atom. The van der Waals surface area contributed by atoms with Crippen molar-refractivity contribution in [3.05, 3.63) is 18.2 Å². The lowest BCUT2D eigenvalue weighted by molar-refractivity contribution is 0.137. The van der Waals surface area contributed by atoms with Gasteiger partial charge in [-0.2, -0.15) is 0 Å². The van der Waals surface area contributed by atoms with Crippen molar-refractivity contribution < 1.29 is 14.0 Å². The van der Waals surface area contributed by atoms with Gasteiger partial charge < -0.3 is 18.9 Å². The Labute approximate surface area is 108 Å². The van der Waals surface area contributed by atoms with Gasteiger partial charge in [0.1, 0.15) is 5.75 Å². The van der Waals surface area contributed by atoms with Gasteiger partial charge in [0.15, 0.2) is 6.73 Å². The summed E-state index contributed by atoms with van der Waals surface area (Å²) in [5.41, 5.74) is 1.99. The van der Waals surface area contributed by atoms with E-state index >= 15 is 0 Å². The molecule has 0 aliphatic carbocycles. The minimum atomic E-state index is -0.260. The number of benzene rings is 1. The lowest BCUT2D eigenvalue weighted by Crippen LogP contribution is -2.34. The molecule has 0 spiro atoms. The Kier molecular flexibility index (Phi) is 2.75. The van der Waals surface area contributed by atoms with E-state index in [2.05, 4.69) is 17.9 Å². The lowest BCUT2D eigenvalue weighted by atomic mass is 9.79. The lowest BCUT2D eigenvalue weighted by Gasteiger charge is -2.16. The Morgan fingerprint density at radius 2 is 2.22 bits per heavy atom. The number of rotatable bonds is 2. The highest BCUT2D eigenvalue weighted by molar-refractivity contribution is 6.62. The monoisotopic (exact) mass is 247 g/mol. The van der Waals surface area contributed by atoms with E-state index in [1.807, 2.05) is 26.0 Å². The molecule has 4 nitrogen and oxygen atoms in total. The van der Waals surface area contributed by atoms with Crippen molar-refractivity contribution in [2.45, 2.75) is 26.4 Å². The van der Waals surface area contributed by atoms with Gasteiger partial charge >= 0.3 is 7.12 Å². The van der Waals surface area contributed by atoms with Crippen molar-refractivity contribution >= 4 is 18.3 Å². The quantitative estimate of drug-likeness (QED) is 0.739. The molecule has 0 aromatic heterocycles. The first-order valence-electron chi connectivity index (χ1n) is 6.40. The Bertz CT molecular complexity index is 464. The summed E-state index contributed by atoms with van der Waals surface area (Å²) in [6.07, 6.45) is 0. The summed E-state index contributed by atoms with van der Waals surface area (Å²) in [6, 6.07) is 6.13. The summed E-state index contributed by atoms with van der Waals surface area (Å²) in [5.74, 6) is 0.942. The van der Waals surface area contributed by atoms with Crippen LogP contribution in [0.2, 0.25) is 0 Å². The van der Waals surface area contributed by atoms with Crippen molar-refractivity contribution in [2.75, 3.05) is 24.8 Å². The fourth-order valence-corrected chi connectivity index (χ4v) is 2.33. The zero-order valence-electron chi connectivity index (χ0n) is 11.1. The second-order valence-corrected chi connectivity index (χ2v) is 5.38. The molecule has 96 valence electrons. The largest absolute Gasteiger partial charge is 0.494 e. The van der Waals surface area contributed by atoms with Gasteiger partial charge in [-0.05, 0) is 38.4 Å². The van der Waals surface area contributed by atoms with Gasteiger partial charge in [0, 0.05) is 6.54 Å². The third-order valence-electron chi connectivity index (χ3n) is 3.36. The van der Waals surface area contributed by atoms with E-state index in [1.54, 1.807) is 0 Å². The second-order valence-electron chi connectivity index (χ2n) is 5.38. The fraction of sp³-hybridized carbons (Fsp3) is 0.538. The van der Waals surface area contributed by atoms with Crippen LogP contribution in [0.1, 0.15) is 20.8 Å². The molecule has 1 aromatic carbocycles. The van der Waals surface area contributed by atoms with Crippen LogP contribution in [0.25, 0.3) is 0 Å². The molecule has 0 unspecified atom stereocenters. The van der Waals surface area contributed by atoms with Crippen LogP contribution in [0.3, 0.4) is 0 Å². The van der Waals surface area contributed by atoms with E-state index in [-0.39, 0.29) is 12.7 Å². The van der Waals surface area contributed by atoms with E-state index in [0.717, 1.165) is 23.4 Å². The van der Waals surface area contributed by atoms with Gasteiger partial charge in [-0.25, -0.2) is 0 Å². The van der Waals surface area contributed by atoms with Crippen LogP contribution in [0.4, 0.5) is 5.69 Å². The molecule has 3 rings (SSSR count). The smallest absolute Gasteiger partial charge is 0.471 e. The first-order chi connectivity index (χ1) is 8.59. The molecule has 1 aromatic rings. The highest BCUT2D eigenvalue weighted by atomic mass is 16.7. The molecule has 0 radical (unpaired) electrons. The van der Waals surface area contributed by atoms with E-state index in [9.17, 15) is 0 Å². The molecule has 1 saturated heterocycles. The molecule has 2 aliphatic rings. The minimum Gasteiger partial charge on any atom is -0.471 e. The Balaban J connectivity index is 1.87. The average molecular weight is 247 g/mol. The molecule has 1 fully saturated rings. The van der Waals surface area contributed by atoms with Crippen LogP contribution in [-0.4, -0.2) is 32.6 Å². The number of ether oxygens (including phenoxy) is 1. The van der Waals surface area contributed by atoms with Gasteiger partial charge in [-0.15, -0.1) is 0 Å². The van der Waals surface area contributed by atoms with Gasteiger partial charge in [0.25, 0.3) is 0 Å². The van der Waals surface area contributed by atoms with Gasteiger partial charge in [-0.3, -0.25) is 0 Å². The van der Waals surface area contributed by atoms with Gasteiger partial charge in [0.2, 0.25) is 0 Å². The van der Waals surface area contributed by atoms with Crippen molar-refractivity contribution in [3.63, 3.8) is 0 Å². The summed E-state index contributed by atoms with van der Waals surface area (Å²) in [6.45, 7) is 8.41. The molecule has 2 heterocycles. The molecule has 5 heteroatoms. The fourth-order valence-electron chi connectivity index (χ4n) is 2.33. The summed E-state index contributed by atoms with van der Waals surface area (Å²) in [7, 11) is -0.260. The van der Waals surface area contributed by atoms with Crippen LogP contribution in [0.5, 0.6) is 5.75 Å². The second kappa shape index (κ2) is 4.18. The summed E-state index contributed by atoms with van der Waals surface area (Å²) >= 11 is 0. The summed E-state index contributed by atoms with van der Waals surface area (Å²) < 4.78 is 17.2. The molecule has 18 heavy (non-hydrogen) atoms. The van der Waals surface area contributed by atoms with Crippen molar-refractivity contribution in [2.24, 2.45) is 0 Å². The van der Waals surface area contributed by atoms with E-state index in [0.29, 0.717) is 13.3 Å². The van der Waals surface area contributed by atoms with E-state index in [4.69, 9.17) is 14.0 Å². The SMILES string of the molecule is CCN1COc2ccc(B3OCC(C)(C)O3)cc21. The zero-order valence-corrected chi connectivity index (χ0v) is 11.1. The third-order valence-corrected chi connectivity index (χ3v) is 3.36. The van der Waals surface area contributed by atoms with Crippen LogP contribution in [0, 0.1) is 0 Å². The van der Waals surface area contributed by atoms with Crippen molar-refractivity contribution in [3.8, 4) is 5.75 Å². The minimum absolute atomic E-state index is 0.204. The van der Waals surface area contributed by atoms with Crippen LogP contribution >= 0.6 is 0 Å². The van der Waals surface area contributed by atoms with Gasteiger partial charge in [0.05, 0.1) is 17.9 Å². The van der Waals surface area contributed by atoms with Crippen molar-refractivity contribution in [1.82, 2.24) is 0 Å². The topological polar surface area (TPSA) is 30.9 Å². The highest BCUT2D eigenvalue weighted by Gasteiger charge is 2.38. The average Bonchev–Trinajstić information content (AvgIpc) is 2.91. The van der Waals surface area contributed by atoms with E-state index in [1.165, 1.54) is 0 Å². The third kappa shape index (κ3) is 1.97. The number of hydrogen-bond donors (Lipinski definition) is 0. The molecule has 0 bridgehead atoms. The van der Waals surface area contributed by atoms with Gasteiger partial charge in [-0.1, -0.05) is 6.07 Å². The number of anilines is 1.